The molecule has 1 N–H and O–H groups in total. The van der Waals surface area contributed by atoms with Crippen molar-refractivity contribution >= 4 is 5.97 Å². The number of fused-ring (bicyclic) bond motifs is 1. The molecule has 2 aliphatic rings. The Morgan fingerprint density at radius 3 is 2.73 bits per heavy atom. The summed E-state index contributed by atoms with van der Waals surface area (Å²) in [5.41, 5.74) is 0. The van der Waals surface area contributed by atoms with Crippen molar-refractivity contribution in [3.8, 4) is 0 Å². The topological polar surface area (TPSA) is 43.8 Å². The molecule has 2 heterocycles. The van der Waals surface area contributed by atoms with Gasteiger partial charge in [0.15, 0.2) is 0 Å². The fourth-order valence-electron chi connectivity index (χ4n) is 2.70. The van der Waals surface area contributed by atoms with E-state index >= 15 is 0 Å². The maximum absolute atomic E-state index is 11.0. The van der Waals surface area contributed by atoms with E-state index in [-0.39, 0.29) is 5.92 Å². The van der Waals surface area contributed by atoms with Crippen molar-refractivity contribution in [2.45, 2.75) is 25.3 Å². The Labute approximate surface area is 90.9 Å². The van der Waals surface area contributed by atoms with Crippen LogP contribution in [0.5, 0.6) is 0 Å². The molecule has 2 atom stereocenters. The lowest BCUT2D eigenvalue weighted by atomic mass is 9.89. The Hall–Kier alpha value is -0.610. The number of nitrogens with zero attached hydrogens (tertiary/aromatic N) is 2. The van der Waals surface area contributed by atoms with E-state index in [0.717, 1.165) is 45.4 Å². The van der Waals surface area contributed by atoms with Gasteiger partial charge in [0.25, 0.3) is 0 Å². The zero-order valence-corrected chi connectivity index (χ0v) is 9.35. The third-order valence-electron chi connectivity index (χ3n) is 3.80. The number of hydrogen-bond donors (Lipinski definition) is 1. The molecule has 0 bridgehead atoms. The SMILES string of the molecule is CN1CCC2CC(C(=O)O)CCN2CC1. The molecule has 2 aliphatic heterocycles. The first-order valence-corrected chi connectivity index (χ1v) is 5.82. The molecule has 0 radical (unpaired) electrons. The largest absolute Gasteiger partial charge is 0.481 e. The lowest BCUT2D eigenvalue weighted by Crippen LogP contribution is -2.44. The molecule has 0 aromatic carbocycles. The molecule has 0 amide bonds. The number of piperidine rings is 1. The highest BCUT2D eigenvalue weighted by Crippen LogP contribution is 2.26. The molecule has 2 saturated heterocycles. The molecule has 0 saturated carbocycles. The van der Waals surface area contributed by atoms with Gasteiger partial charge in [-0.15, -0.1) is 0 Å². The van der Waals surface area contributed by atoms with Crippen LogP contribution in [0.15, 0.2) is 0 Å². The number of aliphatic carboxylic acids is 1. The summed E-state index contributed by atoms with van der Waals surface area (Å²) < 4.78 is 0. The standard InChI is InChI=1S/C11H20N2O2/c1-12-4-3-10-8-9(11(14)15)2-5-13(10)7-6-12/h9-10H,2-8H2,1H3,(H,14,15). The highest BCUT2D eigenvalue weighted by molar-refractivity contribution is 5.70. The maximum Gasteiger partial charge on any atom is 0.306 e. The van der Waals surface area contributed by atoms with Crippen LogP contribution in [0.25, 0.3) is 0 Å². The molecule has 0 aliphatic carbocycles. The Kier molecular flexibility index (Phi) is 3.26. The van der Waals surface area contributed by atoms with Crippen LogP contribution < -0.4 is 0 Å². The molecule has 4 nitrogen and oxygen atoms in total. The predicted molar refractivity (Wildman–Crippen MR) is 57.8 cm³/mol. The lowest BCUT2D eigenvalue weighted by molar-refractivity contribution is -0.144. The molecule has 2 fully saturated rings. The minimum atomic E-state index is -0.604. The molecule has 2 unspecified atom stereocenters. The van der Waals surface area contributed by atoms with Crippen molar-refractivity contribution in [1.29, 1.82) is 0 Å². The number of rotatable bonds is 1. The molecule has 4 heteroatoms. The van der Waals surface area contributed by atoms with Gasteiger partial charge in [-0.05, 0) is 39.4 Å². The van der Waals surface area contributed by atoms with E-state index in [2.05, 4.69) is 16.8 Å². The number of carboxylic acid groups (broad SMARTS) is 1. The first-order valence-electron chi connectivity index (χ1n) is 5.82. The second kappa shape index (κ2) is 4.49. The van der Waals surface area contributed by atoms with Gasteiger partial charge in [-0.25, -0.2) is 0 Å². The summed E-state index contributed by atoms with van der Waals surface area (Å²) in [7, 11) is 2.15. The average molecular weight is 212 g/mol. The van der Waals surface area contributed by atoms with Crippen molar-refractivity contribution in [1.82, 2.24) is 9.80 Å². The van der Waals surface area contributed by atoms with E-state index in [1.54, 1.807) is 0 Å². The van der Waals surface area contributed by atoms with Crippen LogP contribution in [0, 0.1) is 5.92 Å². The first kappa shape index (κ1) is 10.9. The van der Waals surface area contributed by atoms with Gasteiger partial charge in [0, 0.05) is 19.1 Å². The molecular weight excluding hydrogens is 192 g/mol. The fourth-order valence-corrected chi connectivity index (χ4v) is 2.70. The second-order valence-electron chi connectivity index (χ2n) is 4.84. The summed E-state index contributed by atoms with van der Waals surface area (Å²) in [6.07, 6.45) is 2.80. The Morgan fingerprint density at radius 2 is 2.00 bits per heavy atom. The van der Waals surface area contributed by atoms with Crippen molar-refractivity contribution in [2.75, 3.05) is 33.2 Å². The van der Waals surface area contributed by atoms with Crippen molar-refractivity contribution in [2.24, 2.45) is 5.92 Å². The van der Waals surface area contributed by atoms with Crippen LogP contribution in [0.1, 0.15) is 19.3 Å². The summed E-state index contributed by atoms with van der Waals surface area (Å²) in [5, 5.41) is 9.02. The van der Waals surface area contributed by atoms with Crippen LogP contribution in [-0.4, -0.2) is 60.1 Å². The Bertz CT molecular complexity index is 245. The quantitative estimate of drug-likeness (QED) is 0.687. The fraction of sp³-hybridized carbons (Fsp3) is 0.909. The van der Waals surface area contributed by atoms with Crippen LogP contribution in [0.4, 0.5) is 0 Å². The van der Waals surface area contributed by atoms with Crippen LogP contribution in [0.2, 0.25) is 0 Å². The summed E-state index contributed by atoms with van der Waals surface area (Å²) in [4.78, 5) is 15.8. The zero-order chi connectivity index (χ0) is 10.8. The average Bonchev–Trinajstić information content (AvgIpc) is 2.40. The van der Waals surface area contributed by atoms with Crippen molar-refractivity contribution < 1.29 is 9.90 Å². The van der Waals surface area contributed by atoms with Gasteiger partial charge in [0.2, 0.25) is 0 Å². The Morgan fingerprint density at radius 1 is 1.20 bits per heavy atom. The molecule has 0 aromatic rings. The van der Waals surface area contributed by atoms with E-state index in [4.69, 9.17) is 5.11 Å². The molecule has 15 heavy (non-hydrogen) atoms. The number of carbonyl (C=O) groups is 1. The van der Waals surface area contributed by atoms with Gasteiger partial charge in [-0.1, -0.05) is 0 Å². The maximum atomic E-state index is 11.0. The predicted octanol–water partition coefficient (Wildman–Crippen LogP) is 0.487. The number of likely N-dealkylation sites (N-methyl/N-ethyl adjacent to an activating group) is 1. The molecular formula is C11H20N2O2. The van der Waals surface area contributed by atoms with Crippen LogP contribution >= 0.6 is 0 Å². The van der Waals surface area contributed by atoms with Gasteiger partial charge in [0.05, 0.1) is 5.92 Å². The first-order chi connectivity index (χ1) is 7.16. The minimum Gasteiger partial charge on any atom is -0.481 e. The van der Waals surface area contributed by atoms with Gasteiger partial charge >= 0.3 is 5.97 Å². The second-order valence-corrected chi connectivity index (χ2v) is 4.84. The highest BCUT2D eigenvalue weighted by Gasteiger charge is 2.33. The van der Waals surface area contributed by atoms with E-state index in [0.29, 0.717) is 6.04 Å². The molecule has 86 valence electrons. The summed E-state index contributed by atoms with van der Waals surface area (Å²) in [6, 6.07) is 0.504. The van der Waals surface area contributed by atoms with E-state index in [1.807, 2.05) is 0 Å². The van der Waals surface area contributed by atoms with Gasteiger partial charge < -0.3 is 10.0 Å². The van der Waals surface area contributed by atoms with E-state index < -0.39 is 5.97 Å². The lowest BCUT2D eigenvalue weighted by Gasteiger charge is -2.36. The zero-order valence-electron chi connectivity index (χ0n) is 9.35. The van der Waals surface area contributed by atoms with E-state index in [9.17, 15) is 4.79 Å². The monoisotopic (exact) mass is 212 g/mol. The van der Waals surface area contributed by atoms with Crippen LogP contribution in [0.3, 0.4) is 0 Å². The van der Waals surface area contributed by atoms with Crippen molar-refractivity contribution in [3.63, 3.8) is 0 Å². The summed E-state index contributed by atoms with van der Waals surface area (Å²) in [5.74, 6) is -0.707. The van der Waals surface area contributed by atoms with E-state index in [1.165, 1.54) is 0 Å². The number of hydrogen-bond acceptors (Lipinski definition) is 3. The molecule has 0 aromatic heterocycles. The summed E-state index contributed by atoms with van der Waals surface area (Å²) >= 11 is 0. The normalized spacial score (nSPS) is 34.5. The summed E-state index contributed by atoms with van der Waals surface area (Å²) in [6.45, 7) is 4.30. The third-order valence-corrected chi connectivity index (χ3v) is 3.80. The smallest absolute Gasteiger partial charge is 0.306 e. The third kappa shape index (κ3) is 2.49. The number of carboxylic acids is 1. The van der Waals surface area contributed by atoms with Crippen LogP contribution in [-0.2, 0) is 4.79 Å². The van der Waals surface area contributed by atoms with Gasteiger partial charge in [-0.2, -0.15) is 0 Å². The van der Waals surface area contributed by atoms with Crippen molar-refractivity contribution in [3.05, 3.63) is 0 Å². The highest BCUT2D eigenvalue weighted by atomic mass is 16.4. The molecule has 0 spiro atoms. The van der Waals surface area contributed by atoms with Gasteiger partial charge in [0.1, 0.15) is 0 Å². The molecule has 2 rings (SSSR count). The van der Waals surface area contributed by atoms with Gasteiger partial charge in [-0.3, -0.25) is 9.69 Å². The Balaban J connectivity index is 1.96. The minimum absolute atomic E-state index is 0.102.